The molecule has 1 heterocycles. The minimum absolute atomic E-state index is 0.586. The average molecular weight is 303 g/mol. The Hall–Kier alpha value is -0.350. The summed E-state index contributed by atoms with van der Waals surface area (Å²) in [6, 6.07) is 9.98. The van der Waals surface area contributed by atoms with E-state index in [0.717, 1.165) is 15.1 Å². The first-order valence-electron chi connectivity index (χ1n) is 4.45. The van der Waals surface area contributed by atoms with Crippen LogP contribution in [0.4, 0.5) is 0 Å². The van der Waals surface area contributed by atoms with E-state index in [9.17, 15) is 0 Å². The molecule has 0 radical (unpaired) electrons. The summed E-state index contributed by atoms with van der Waals surface area (Å²) >= 11 is 11.2. The first-order chi connectivity index (χ1) is 7.22. The largest absolute Gasteiger partial charge is 0.326 e. The van der Waals surface area contributed by atoms with E-state index >= 15 is 0 Å². The summed E-state index contributed by atoms with van der Waals surface area (Å²) in [5, 5.41) is 0.732. The minimum atomic E-state index is 0.586. The molecule has 0 saturated heterocycles. The Balaban J connectivity index is 2.49. The lowest BCUT2D eigenvalue weighted by atomic mass is 10.2. The zero-order valence-electron chi connectivity index (χ0n) is 7.84. The van der Waals surface area contributed by atoms with Crippen LogP contribution in [0.1, 0.15) is 4.88 Å². The number of hydrogen-bond acceptors (Lipinski definition) is 2. The van der Waals surface area contributed by atoms with Crippen molar-refractivity contribution in [1.29, 1.82) is 0 Å². The molecule has 15 heavy (non-hydrogen) atoms. The van der Waals surface area contributed by atoms with Crippen LogP contribution < -0.4 is 5.73 Å². The van der Waals surface area contributed by atoms with Crippen molar-refractivity contribution in [2.24, 2.45) is 5.73 Å². The van der Waals surface area contributed by atoms with Crippen LogP contribution in [0, 0.1) is 0 Å². The maximum absolute atomic E-state index is 6.04. The summed E-state index contributed by atoms with van der Waals surface area (Å²) in [7, 11) is 0. The number of benzene rings is 1. The molecule has 0 atom stereocenters. The maximum Gasteiger partial charge on any atom is 0.0554 e. The predicted molar refractivity (Wildman–Crippen MR) is 70.4 cm³/mol. The molecule has 2 aromatic rings. The highest BCUT2D eigenvalue weighted by molar-refractivity contribution is 9.10. The fourth-order valence-corrected chi connectivity index (χ4v) is 3.03. The Morgan fingerprint density at radius 3 is 2.73 bits per heavy atom. The van der Waals surface area contributed by atoms with Crippen LogP contribution in [-0.2, 0) is 6.54 Å². The normalized spacial score (nSPS) is 10.6. The molecule has 0 unspecified atom stereocenters. The summed E-state index contributed by atoms with van der Waals surface area (Å²) < 4.78 is 0.942. The Bertz CT molecular complexity index is 481. The molecular weight excluding hydrogens is 294 g/mol. The molecular formula is C11H9BrClNS. The highest BCUT2D eigenvalue weighted by Gasteiger charge is 2.08. The van der Waals surface area contributed by atoms with E-state index in [1.807, 2.05) is 24.3 Å². The van der Waals surface area contributed by atoms with Gasteiger partial charge in [0.1, 0.15) is 0 Å². The zero-order chi connectivity index (χ0) is 10.8. The second-order valence-corrected chi connectivity index (χ2v) is 5.44. The zero-order valence-corrected chi connectivity index (χ0v) is 11.0. The van der Waals surface area contributed by atoms with Gasteiger partial charge in [-0.1, -0.05) is 23.7 Å². The number of halogens is 2. The lowest BCUT2D eigenvalue weighted by Crippen LogP contribution is -1.91. The van der Waals surface area contributed by atoms with Gasteiger partial charge >= 0.3 is 0 Å². The third-order valence-electron chi connectivity index (χ3n) is 2.08. The first-order valence-corrected chi connectivity index (χ1v) is 6.44. The van der Waals surface area contributed by atoms with E-state index in [-0.39, 0.29) is 0 Å². The highest BCUT2D eigenvalue weighted by Crippen LogP contribution is 2.37. The van der Waals surface area contributed by atoms with Crippen molar-refractivity contribution in [3.8, 4) is 10.4 Å². The van der Waals surface area contributed by atoms with Gasteiger partial charge in [-0.2, -0.15) is 0 Å². The fourth-order valence-electron chi connectivity index (χ4n) is 1.33. The van der Waals surface area contributed by atoms with Crippen molar-refractivity contribution < 1.29 is 0 Å². The molecule has 1 nitrogen and oxygen atoms in total. The average Bonchev–Trinajstić information content (AvgIpc) is 2.70. The van der Waals surface area contributed by atoms with Gasteiger partial charge < -0.3 is 5.73 Å². The summed E-state index contributed by atoms with van der Waals surface area (Å²) in [4.78, 5) is 2.36. The first kappa shape index (κ1) is 11.1. The van der Waals surface area contributed by atoms with Gasteiger partial charge in [-0.3, -0.25) is 0 Å². The van der Waals surface area contributed by atoms with Crippen LogP contribution in [0.5, 0.6) is 0 Å². The van der Waals surface area contributed by atoms with Gasteiger partial charge in [0.2, 0.25) is 0 Å². The van der Waals surface area contributed by atoms with Crippen molar-refractivity contribution in [3.05, 3.63) is 44.7 Å². The lowest BCUT2D eigenvalue weighted by molar-refractivity contribution is 1.11. The summed E-state index contributed by atoms with van der Waals surface area (Å²) in [5.41, 5.74) is 6.70. The van der Waals surface area contributed by atoms with Crippen LogP contribution in [0.15, 0.2) is 34.8 Å². The highest BCUT2D eigenvalue weighted by atomic mass is 79.9. The van der Waals surface area contributed by atoms with Crippen LogP contribution in [0.25, 0.3) is 10.4 Å². The molecule has 0 aliphatic heterocycles. The van der Waals surface area contributed by atoms with Crippen LogP contribution in [0.3, 0.4) is 0 Å². The molecule has 0 amide bonds. The van der Waals surface area contributed by atoms with Crippen molar-refractivity contribution in [1.82, 2.24) is 0 Å². The third-order valence-corrected chi connectivity index (χ3v) is 4.62. The molecule has 0 spiro atoms. The molecule has 2 N–H and O–H groups in total. The molecule has 4 heteroatoms. The summed E-state index contributed by atoms with van der Waals surface area (Å²) in [5.74, 6) is 0. The van der Waals surface area contributed by atoms with Crippen molar-refractivity contribution in [2.75, 3.05) is 0 Å². The van der Waals surface area contributed by atoms with Crippen molar-refractivity contribution in [3.63, 3.8) is 0 Å². The quantitative estimate of drug-likeness (QED) is 0.880. The summed E-state index contributed by atoms with van der Waals surface area (Å²) in [6.07, 6.45) is 0. The number of rotatable bonds is 2. The SMILES string of the molecule is NCc1ccc(-c2cccc(Cl)c2Br)s1. The van der Waals surface area contributed by atoms with E-state index in [4.69, 9.17) is 17.3 Å². The van der Waals surface area contributed by atoms with Crippen molar-refractivity contribution >= 4 is 38.9 Å². The van der Waals surface area contributed by atoms with Crippen LogP contribution in [-0.4, -0.2) is 0 Å². The number of nitrogens with two attached hydrogens (primary N) is 1. The maximum atomic E-state index is 6.04. The lowest BCUT2D eigenvalue weighted by Gasteiger charge is -2.02. The number of hydrogen-bond donors (Lipinski definition) is 1. The van der Waals surface area contributed by atoms with E-state index in [1.54, 1.807) is 11.3 Å². The van der Waals surface area contributed by atoms with Crippen molar-refractivity contribution in [2.45, 2.75) is 6.54 Å². The van der Waals surface area contributed by atoms with Crippen LogP contribution >= 0.6 is 38.9 Å². The van der Waals surface area contributed by atoms with E-state index < -0.39 is 0 Å². The Kier molecular flexibility index (Phi) is 3.46. The van der Waals surface area contributed by atoms with E-state index in [0.29, 0.717) is 6.54 Å². The van der Waals surface area contributed by atoms with Crippen LogP contribution in [0.2, 0.25) is 5.02 Å². The van der Waals surface area contributed by atoms with Gasteiger partial charge in [-0.25, -0.2) is 0 Å². The molecule has 1 aromatic carbocycles. The second-order valence-electron chi connectivity index (χ2n) is 3.07. The summed E-state index contributed by atoms with van der Waals surface area (Å²) in [6.45, 7) is 0.586. The third kappa shape index (κ3) is 2.26. The fraction of sp³-hybridized carbons (Fsp3) is 0.0909. The van der Waals surface area contributed by atoms with Gasteiger partial charge in [-0.15, -0.1) is 11.3 Å². The number of thiophene rings is 1. The van der Waals surface area contributed by atoms with E-state index in [1.165, 1.54) is 9.75 Å². The molecule has 78 valence electrons. The van der Waals surface area contributed by atoms with Gasteiger partial charge in [0.25, 0.3) is 0 Å². The molecule has 0 bridgehead atoms. The molecule has 0 aliphatic carbocycles. The molecule has 2 rings (SSSR count). The van der Waals surface area contributed by atoms with Gasteiger partial charge in [0.05, 0.1) is 5.02 Å². The standard InChI is InChI=1S/C11H9BrClNS/c12-11-8(2-1-3-9(11)13)10-5-4-7(6-14)15-10/h1-5H,6,14H2. The minimum Gasteiger partial charge on any atom is -0.326 e. The van der Waals surface area contributed by atoms with Gasteiger partial charge in [-0.05, 0) is 34.1 Å². The molecule has 0 aliphatic rings. The monoisotopic (exact) mass is 301 g/mol. The van der Waals surface area contributed by atoms with Gasteiger partial charge in [0.15, 0.2) is 0 Å². The molecule has 0 fully saturated rings. The predicted octanol–water partition coefficient (Wildman–Crippen LogP) is 4.29. The second kappa shape index (κ2) is 4.66. The topological polar surface area (TPSA) is 26.0 Å². The Morgan fingerprint density at radius 2 is 2.07 bits per heavy atom. The molecule has 1 aromatic heterocycles. The smallest absolute Gasteiger partial charge is 0.0554 e. The van der Waals surface area contributed by atoms with E-state index in [2.05, 4.69) is 22.0 Å². The Labute approximate surface area is 106 Å². The molecule has 0 saturated carbocycles. The van der Waals surface area contributed by atoms with Gasteiger partial charge in [0, 0.05) is 26.3 Å². The Morgan fingerprint density at radius 1 is 1.27 bits per heavy atom.